The van der Waals surface area contributed by atoms with Crippen molar-refractivity contribution in [2.45, 2.75) is 13.3 Å². The highest BCUT2D eigenvalue weighted by atomic mass is 16.5. The van der Waals surface area contributed by atoms with Gasteiger partial charge >= 0.3 is 5.97 Å². The van der Waals surface area contributed by atoms with E-state index in [4.69, 9.17) is 10.5 Å². The van der Waals surface area contributed by atoms with Crippen LogP contribution in [0.5, 0.6) is 0 Å². The molecule has 1 aromatic carbocycles. The number of hydrogen-bond acceptors (Lipinski definition) is 3. The molecule has 0 saturated carbocycles. The number of aryl methyl sites for hydroxylation is 1. The second-order valence-corrected chi connectivity index (χ2v) is 4.02. The molecular formula is C13H16N2O2. The van der Waals surface area contributed by atoms with E-state index in [1.807, 2.05) is 36.9 Å². The summed E-state index contributed by atoms with van der Waals surface area (Å²) in [5.74, 6) is -0.352. The van der Waals surface area contributed by atoms with Crippen LogP contribution in [0.2, 0.25) is 0 Å². The van der Waals surface area contributed by atoms with Crippen LogP contribution in [0.4, 0.5) is 5.69 Å². The highest BCUT2D eigenvalue weighted by Gasteiger charge is 2.14. The van der Waals surface area contributed by atoms with E-state index in [0.29, 0.717) is 17.9 Å². The minimum Gasteiger partial charge on any atom is -0.462 e. The van der Waals surface area contributed by atoms with E-state index in [1.165, 1.54) is 0 Å². The van der Waals surface area contributed by atoms with Gasteiger partial charge < -0.3 is 15.0 Å². The molecule has 0 amide bonds. The number of nitrogens with two attached hydrogens (primary N) is 1. The number of benzene rings is 1. The van der Waals surface area contributed by atoms with Crippen LogP contribution in [0.1, 0.15) is 23.7 Å². The van der Waals surface area contributed by atoms with Gasteiger partial charge in [-0.25, -0.2) is 4.79 Å². The van der Waals surface area contributed by atoms with Gasteiger partial charge in [-0.05, 0) is 24.6 Å². The van der Waals surface area contributed by atoms with Gasteiger partial charge in [0, 0.05) is 24.1 Å². The maximum Gasteiger partial charge on any atom is 0.340 e. The summed E-state index contributed by atoms with van der Waals surface area (Å²) in [5, 5.41) is 0.887. The van der Waals surface area contributed by atoms with E-state index in [-0.39, 0.29) is 5.97 Å². The van der Waals surface area contributed by atoms with Gasteiger partial charge in [0.15, 0.2) is 0 Å². The summed E-state index contributed by atoms with van der Waals surface area (Å²) in [6.07, 6.45) is 2.72. The number of nitrogens with zero attached hydrogens (tertiary/aromatic N) is 1. The Morgan fingerprint density at radius 3 is 2.88 bits per heavy atom. The number of rotatable bonds is 3. The number of esters is 1. The molecule has 90 valence electrons. The van der Waals surface area contributed by atoms with Crippen molar-refractivity contribution < 1.29 is 9.53 Å². The number of ether oxygens (including phenoxy) is 1. The van der Waals surface area contributed by atoms with Gasteiger partial charge in [-0.3, -0.25) is 0 Å². The highest BCUT2D eigenvalue weighted by Crippen LogP contribution is 2.25. The third kappa shape index (κ3) is 1.98. The number of hydrogen-bond donors (Lipinski definition) is 1. The van der Waals surface area contributed by atoms with Crippen molar-refractivity contribution in [3.63, 3.8) is 0 Å². The van der Waals surface area contributed by atoms with Gasteiger partial charge in [-0.1, -0.05) is 6.92 Å². The second kappa shape index (κ2) is 4.49. The lowest BCUT2D eigenvalue weighted by atomic mass is 10.1. The summed E-state index contributed by atoms with van der Waals surface area (Å²) < 4.78 is 7.05. The Kier molecular flexibility index (Phi) is 3.04. The fraction of sp³-hybridized carbons (Fsp3) is 0.308. The largest absolute Gasteiger partial charge is 0.462 e. The molecule has 2 rings (SSSR count). The number of aromatic nitrogens is 1. The first kappa shape index (κ1) is 11.5. The van der Waals surface area contributed by atoms with Crippen molar-refractivity contribution in [2.75, 3.05) is 12.3 Å². The van der Waals surface area contributed by atoms with Crippen molar-refractivity contribution in [1.82, 2.24) is 4.57 Å². The van der Waals surface area contributed by atoms with Crippen LogP contribution in [0, 0.1) is 0 Å². The molecular weight excluding hydrogens is 216 g/mol. The number of carbonyl (C=O) groups is 1. The third-order valence-electron chi connectivity index (χ3n) is 2.77. The molecule has 0 aliphatic rings. The van der Waals surface area contributed by atoms with Crippen LogP contribution in [0.15, 0.2) is 24.4 Å². The molecule has 17 heavy (non-hydrogen) atoms. The summed E-state index contributed by atoms with van der Waals surface area (Å²) in [5.41, 5.74) is 7.93. The first-order chi connectivity index (χ1) is 8.15. The lowest BCUT2D eigenvalue weighted by Crippen LogP contribution is -2.09. The minimum atomic E-state index is -0.352. The summed E-state index contributed by atoms with van der Waals surface area (Å²) in [6, 6.07) is 5.51. The molecule has 2 N–H and O–H groups in total. The Morgan fingerprint density at radius 2 is 2.18 bits per heavy atom. The van der Waals surface area contributed by atoms with Crippen molar-refractivity contribution in [2.24, 2.45) is 7.05 Å². The number of carbonyl (C=O) groups excluding carboxylic acids is 1. The van der Waals surface area contributed by atoms with Gasteiger partial charge in [0.25, 0.3) is 0 Å². The predicted molar refractivity (Wildman–Crippen MR) is 67.9 cm³/mol. The first-order valence-corrected chi connectivity index (χ1v) is 5.65. The van der Waals surface area contributed by atoms with E-state index in [2.05, 4.69) is 0 Å². The van der Waals surface area contributed by atoms with Crippen LogP contribution in [0.3, 0.4) is 0 Å². The Bertz CT molecular complexity index is 558. The molecule has 0 fully saturated rings. The SMILES string of the molecule is CCCOC(=O)c1ccc2c(ccn2C)c1N. The maximum atomic E-state index is 11.8. The Balaban J connectivity index is 2.42. The quantitative estimate of drug-likeness (QED) is 0.652. The van der Waals surface area contributed by atoms with Crippen LogP contribution in [-0.2, 0) is 11.8 Å². The molecule has 1 aromatic heterocycles. The fourth-order valence-electron chi connectivity index (χ4n) is 1.82. The van der Waals surface area contributed by atoms with E-state index in [9.17, 15) is 4.79 Å². The van der Waals surface area contributed by atoms with Gasteiger partial charge in [-0.15, -0.1) is 0 Å². The molecule has 4 nitrogen and oxygen atoms in total. The van der Waals surface area contributed by atoms with Gasteiger partial charge in [0.1, 0.15) is 0 Å². The molecule has 0 atom stereocenters. The molecule has 0 aliphatic heterocycles. The summed E-state index contributed by atoms with van der Waals surface area (Å²) in [7, 11) is 1.94. The van der Waals surface area contributed by atoms with Crippen molar-refractivity contribution in [3.8, 4) is 0 Å². The zero-order chi connectivity index (χ0) is 12.4. The van der Waals surface area contributed by atoms with E-state index >= 15 is 0 Å². The normalized spacial score (nSPS) is 10.7. The van der Waals surface area contributed by atoms with Crippen LogP contribution < -0.4 is 5.73 Å². The van der Waals surface area contributed by atoms with Gasteiger partial charge in [0.2, 0.25) is 0 Å². The summed E-state index contributed by atoms with van der Waals surface area (Å²) in [4.78, 5) is 11.8. The van der Waals surface area contributed by atoms with Crippen molar-refractivity contribution >= 4 is 22.6 Å². The van der Waals surface area contributed by atoms with Gasteiger partial charge in [-0.2, -0.15) is 0 Å². The molecule has 2 aromatic rings. The number of fused-ring (bicyclic) bond motifs is 1. The highest BCUT2D eigenvalue weighted by molar-refractivity contribution is 6.05. The Labute approximate surface area is 100.0 Å². The maximum absolute atomic E-state index is 11.8. The topological polar surface area (TPSA) is 57.2 Å². The zero-order valence-corrected chi connectivity index (χ0v) is 10.1. The lowest BCUT2D eigenvalue weighted by Gasteiger charge is -2.07. The minimum absolute atomic E-state index is 0.352. The monoisotopic (exact) mass is 232 g/mol. The Hall–Kier alpha value is -1.97. The van der Waals surface area contributed by atoms with Crippen LogP contribution in [-0.4, -0.2) is 17.1 Å². The van der Waals surface area contributed by atoms with E-state index < -0.39 is 0 Å². The first-order valence-electron chi connectivity index (χ1n) is 5.65. The second-order valence-electron chi connectivity index (χ2n) is 4.02. The molecule has 0 spiro atoms. The molecule has 0 saturated heterocycles. The average molecular weight is 232 g/mol. The molecule has 4 heteroatoms. The number of anilines is 1. The fourth-order valence-corrected chi connectivity index (χ4v) is 1.82. The predicted octanol–water partition coefficient (Wildman–Crippen LogP) is 2.33. The van der Waals surface area contributed by atoms with Crippen molar-refractivity contribution in [1.29, 1.82) is 0 Å². The number of nitrogen functional groups attached to an aromatic ring is 1. The molecule has 0 unspecified atom stereocenters. The van der Waals surface area contributed by atoms with Crippen molar-refractivity contribution in [3.05, 3.63) is 30.0 Å². The summed E-state index contributed by atoms with van der Waals surface area (Å²) >= 11 is 0. The van der Waals surface area contributed by atoms with Crippen LogP contribution in [0.25, 0.3) is 10.9 Å². The van der Waals surface area contributed by atoms with E-state index in [0.717, 1.165) is 17.3 Å². The summed E-state index contributed by atoms with van der Waals surface area (Å²) in [6.45, 7) is 2.38. The molecule has 0 radical (unpaired) electrons. The van der Waals surface area contributed by atoms with Crippen LogP contribution >= 0.6 is 0 Å². The lowest BCUT2D eigenvalue weighted by molar-refractivity contribution is 0.0506. The smallest absolute Gasteiger partial charge is 0.340 e. The third-order valence-corrected chi connectivity index (χ3v) is 2.77. The van der Waals surface area contributed by atoms with E-state index in [1.54, 1.807) is 6.07 Å². The standard InChI is InChI=1S/C13H16N2O2/c1-3-8-17-13(16)10-4-5-11-9(12(10)14)6-7-15(11)2/h4-7H,3,8,14H2,1-2H3. The average Bonchev–Trinajstić information content (AvgIpc) is 2.69. The molecule has 0 bridgehead atoms. The molecule has 0 aliphatic carbocycles. The molecule has 1 heterocycles. The Morgan fingerprint density at radius 1 is 1.41 bits per heavy atom. The van der Waals surface area contributed by atoms with Gasteiger partial charge in [0.05, 0.1) is 17.9 Å². The zero-order valence-electron chi connectivity index (χ0n) is 10.1.